The second-order valence-electron chi connectivity index (χ2n) is 4.15. The number of carboxylic acids is 1. The van der Waals surface area contributed by atoms with Gasteiger partial charge in [-0.15, -0.1) is 0 Å². The van der Waals surface area contributed by atoms with Gasteiger partial charge in [-0.25, -0.2) is 9.18 Å². The number of carboxylic acid groups (broad SMARTS) is 1. The van der Waals surface area contributed by atoms with Gasteiger partial charge in [0.15, 0.2) is 5.54 Å². The lowest BCUT2D eigenvalue weighted by atomic mass is 10.0. The third kappa shape index (κ3) is 3.17. The second-order valence-corrected chi connectivity index (χ2v) is 4.15. The number of aryl methyl sites for hydroxylation is 1. The average molecular weight is 241 g/mol. The number of rotatable bonds is 5. The molecular weight excluding hydrogens is 225 g/mol. The molecule has 0 amide bonds. The van der Waals surface area contributed by atoms with Gasteiger partial charge in [0.05, 0.1) is 6.61 Å². The van der Waals surface area contributed by atoms with Crippen molar-refractivity contribution in [2.75, 3.05) is 19.0 Å². The first kappa shape index (κ1) is 13.4. The maximum atomic E-state index is 13.1. The Balaban J connectivity index is 3.01. The van der Waals surface area contributed by atoms with Crippen molar-refractivity contribution in [1.29, 1.82) is 0 Å². The fraction of sp³-hybridized carbons (Fsp3) is 0.417. The molecule has 4 nitrogen and oxygen atoms in total. The van der Waals surface area contributed by atoms with Crippen LogP contribution in [-0.4, -0.2) is 30.3 Å². The Bertz CT molecular complexity index is 422. The number of hydrogen-bond donors (Lipinski definition) is 2. The Morgan fingerprint density at radius 3 is 2.76 bits per heavy atom. The van der Waals surface area contributed by atoms with Crippen LogP contribution in [0.1, 0.15) is 12.5 Å². The second kappa shape index (κ2) is 5.14. The van der Waals surface area contributed by atoms with Crippen molar-refractivity contribution >= 4 is 11.7 Å². The molecule has 17 heavy (non-hydrogen) atoms. The van der Waals surface area contributed by atoms with Crippen molar-refractivity contribution in [1.82, 2.24) is 0 Å². The van der Waals surface area contributed by atoms with Gasteiger partial charge < -0.3 is 15.2 Å². The van der Waals surface area contributed by atoms with Gasteiger partial charge in [0.2, 0.25) is 0 Å². The van der Waals surface area contributed by atoms with Crippen LogP contribution in [0.15, 0.2) is 18.2 Å². The zero-order chi connectivity index (χ0) is 13.1. The third-order valence-electron chi connectivity index (χ3n) is 2.52. The fourth-order valence-corrected chi connectivity index (χ4v) is 1.47. The molecule has 0 spiro atoms. The van der Waals surface area contributed by atoms with E-state index in [4.69, 9.17) is 9.84 Å². The van der Waals surface area contributed by atoms with Crippen LogP contribution in [0, 0.1) is 12.7 Å². The molecule has 1 unspecified atom stereocenters. The number of ether oxygens (including phenoxy) is 1. The van der Waals surface area contributed by atoms with Crippen LogP contribution >= 0.6 is 0 Å². The first-order valence-corrected chi connectivity index (χ1v) is 5.16. The summed E-state index contributed by atoms with van der Waals surface area (Å²) in [6.07, 6.45) is 0. The molecule has 1 aromatic carbocycles. The third-order valence-corrected chi connectivity index (χ3v) is 2.52. The molecular formula is C12H16FNO3. The molecule has 1 rings (SSSR count). The molecule has 0 aromatic heterocycles. The molecule has 1 aromatic rings. The van der Waals surface area contributed by atoms with Gasteiger partial charge in [-0.1, -0.05) is 6.07 Å². The van der Waals surface area contributed by atoms with Crippen LogP contribution in [0.25, 0.3) is 0 Å². The lowest BCUT2D eigenvalue weighted by Crippen LogP contribution is -2.47. The minimum absolute atomic E-state index is 0.0156. The maximum Gasteiger partial charge on any atom is 0.331 e. The van der Waals surface area contributed by atoms with Crippen molar-refractivity contribution < 1.29 is 19.0 Å². The molecule has 0 saturated carbocycles. The topological polar surface area (TPSA) is 58.6 Å². The number of carbonyl (C=O) groups is 1. The van der Waals surface area contributed by atoms with Gasteiger partial charge in [-0.2, -0.15) is 0 Å². The van der Waals surface area contributed by atoms with Crippen molar-refractivity contribution in [2.45, 2.75) is 19.4 Å². The van der Waals surface area contributed by atoms with Gasteiger partial charge >= 0.3 is 5.97 Å². The molecule has 0 radical (unpaired) electrons. The standard InChI is InChI=1S/C12H16FNO3/c1-8-4-5-9(13)6-10(8)14-12(2,7-17-3)11(15)16/h4-6,14H,7H2,1-3H3,(H,15,16). The number of aliphatic carboxylic acids is 1. The van der Waals surface area contributed by atoms with E-state index in [9.17, 15) is 9.18 Å². The van der Waals surface area contributed by atoms with E-state index in [-0.39, 0.29) is 6.61 Å². The van der Waals surface area contributed by atoms with Gasteiger partial charge in [-0.05, 0) is 31.5 Å². The predicted molar refractivity (Wildman–Crippen MR) is 62.7 cm³/mol. The van der Waals surface area contributed by atoms with Gasteiger partial charge in [0.1, 0.15) is 5.82 Å². The summed E-state index contributed by atoms with van der Waals surface area (Å²) in [5.41, 5.74) is -0.0604. The first-order valence-electron chi connectivity index (χ1n) is 5.16. The Labute approximate surface area is 99.4 Å². The van der Waals surface area contributed by atoms with Crippen molar-refractivity contribution in [3.05, 3.63) is 29.6 Å². The summed E-state index contributed by atoms with van der Waals surface area (Å²) in [6, 6.07) is 4.19. The minimum Gasteiger partial charge on any atom is -0.479 e. The number of methoxy groups -OCH3 is 1. The molecule has 0 bridgehead atoms. The van der Waals surface area contributed by atoms with Crippen LogP contribution in [0.4, 0.5) is 10.1 Å². The highest BCUT2D eigenvalue weighted by molar-refractivity contribution is 5.82. The fourth-order valence-electron chi connectivity index (χ4n) is 1.47. The molecule has 0 aliphatic rings. The highest BCUT2D eigenvalue weighted by Crippen LogP contribution is 2.21. The number of anilines is 1. The Morgan fingerprint density at radius 1 is 1.59 bits per heavy atom. The largest absolute Gasteiger partial charge is 0.479 e. The average Bonchev–Trinajstić information content (AvgIpc) is 2.23. The van der Waals surface area contributed by atoms with Crippen molar-refractivity contribution in [3.63, 3.8) is 0 Å². The Hall–Kier alpha value is -1.62. The molecule has 1 atom stereocenters. The molecule has 0 heterocycles. The number of nitrogens with one attached hydrogen (secondary N) is 1. The first-order chi connectivity index (χ1) is 7.89. The highest BCUT2D eigenvalue weighted by atomic mass is 19.1. The van der Waals surface area contributed by atoms with E-state index in [2.05, 4.69) is 5.32 Å². The monoisotopic (exact) mass is 241 g/mol. The summed E-state index contributed by atoms with van der Waals surface area (Å²) in [7, 11) is 1.42. The van der Waals surface area contributed by atoms with E-state index in [1.807, 2.05) is 0 Å². The van der Waals surface area contributed by atoms with Crippen molar-refractivity contribution in [2.24, 2.45) is 0 Å². The van der Waals surface area contributed by atoms with E-state index in [0.717, 1.165) is 5.56 Å². The van der Waals surface area contributed by atoms with Crippen LogP contribution in [-0.2, 0) is 9.53 Å². The summed E-state index contributed by atoms with van der Waals surface area (Å²) in [4.78, 5) is 11.2. The Kier molecular flexibility index (Phi) is 4.07. The van der Waals surface area contributed by atoms with Crippen LogP contribution in [0.3, 0.4) is 0 Å². The molecule has 0 fully saturated rings. The van der Waals surface area contributed by atoms with E-state index >= 15 is 0 Å². The lowest BCUT2D eigenvalue weighted by Gasteiger charge is -2.27. The number of benzene rings is 1. The van der Waals surface area contributed by atoms with Gasteiger partial charge in [0, 0.05) is 12.8 Å². The van der Waals surface area contributed by atoms with Gasteiger partial charge in [0.25, 0.3) is 0 Å². The Morgan fingerprint density at radius 2 is 2.24 bits per heavy atom. The maximum absolute atomic E-state index is 13.1. The number of halogens is 1. The smallest absolute Gasteiger partial charge is 0.331 e. The molecule has 0 saturated heterocycles. The van der Waals surface area contributed by atoms with E-state index in [1.165, 1.54) is 26.2 Å². The summed E-state index contributed by atoms with van der Waals surface area (Å²) < 4.78 is 18.0. The van der Waals surface area contributed by atoms with E-state index in [0.29, 0.717) is 5.69 Å². The quantitative estimate of drug-likeness (QED) is 0.828. The normalized spacial score (nSPS) is 14.1. The minimum atomic E-state index is -1.28. The molecule has 5 heteroatoms. The summed E-state index contributed by atoms with van der Waals surface area (Å²) >= 11 is 0. The van der Waals surface area contributed by atoms with Crippen LogP contribution in [0.2, 0.25) is 0 Å². The van der Waals surface area contributed by atoms with Gasteiger partial charge in [-0.3, -0.25) is 0 Å². The molecule has 0 aliphatic carbocycles. The van der Waals surface area contributed by atoms with E-state index in [1.54, 1.807) is 13.0 Å². The zero-order valence-corrected chi connectivity index (χ0v) is 10.1. The summed E-state index contributed by atoms with van der Waals surface area (Å²) in [5, 5.41) is 11.9. The van der Waals surface area contributed by atoms with Crippen molar-refractivity contribution in [3.8, 4) is 0 Å². The SMILES string of the molecule is COCC(C)(Nc1cc(F)ccc1C)C(=O)O. The predicted octanol–water partition coefficient (Wildman–Crippen LogP) is 2.04. The highest BCUT2D eigenvalue weighted by Gasteiger charge is 2.33. The lowest BCUT2D eigenvalue weighted by molar-refractivity contribution is -0.143. The summed E-state index contributed by atoms with van der Waals surface area (Å²) in [6.45, 7) is 3.25. The molecule has 2 N–H and O–H groups in total. The van der Waals surface area contributed by atoms with Crippen LogP contribution in [0.5, 0.6) is 0 Å². The molecule has 94 valence electrons. The van der Waals surface area contributed by atoms with E-state index < -0.39 is 17.3 Å². The molecule has 0 aliphatic heterocycles. The van der Waals surface area contributed by atoms with Crippen LogP contribution < -0.4 is 5.32 Å². The number of hydrogen-bond acceptors (Lipinski definition) is 3. The summed E-state index contributed by atoms with van der Waals surface area (Å²) in [5.74, 6) is -1.47. The zero-order valence-electron chi connectivity index (χ0n) is 10.1.